The van der Waals surface area contributed by atoms with Crippen molar-refractivity contribution in [1.29, 1.82) is 0 Å². The first-order valence-corrected chi connectivity index (χ1v) is 8.20. The van der Waals surface area contributed by atoms with Crippen molar-refractivity contribution < 1.29 is 9.53 Å². The highest BCUT2D eigenvalue weighted by molar-refractivity contribution is 5.71. The van der Waals surface area contributed by atoms with E-state index in [4.69, 9.17) is 4.74 Å². The van der Waals surface area contributed by atoms with Gasteiger partial charge in [-0.1, -0.05) is 64.3 Å². The van der Waals surface area contributed by atoms with E-state index in [1.807, 2.05) is 0 Å². The zero-order valence-electron chi connectivity index (χ0n) is 13.4. The molecule has 0 saturated carbocycles. The smallest absolute Gasteiger partial charge is 0.306 e. The largest absolute Gasteiger partial charge is 0.466 e. The Bertz CT molecular complexity index is 343. The molecule has 2 unspecified atom stereocenters. The maximum Gasteiger partial charge on any atom is 0.306 e. The van der Waals surface area contributed by atoms with E-state index in [-0.39, 0.29) is 11.4 Å². The molecule has 2 heteroatoms. The minimum Gasteiger partial charge on any atom is -0.466 e. The molecular formula is C18H30O2. The normalized spacial score (nSPS) is 24.9. The van der Waals surface area contributed by atoms with Gasteiger partial charge >= 0.3 is 5.97 Å². The number of rotatable bonds is 9. The minimum atomic E-state index is -0.0400. The van der Waals surface area contributed by atoms with E-state index < -0.39 is 0 Å². The second-order valence-electron chi connectivity index (χ2n) is 5.80. The second kappa shape index (κ2) is 8.99. The topological polar surface area (TPSA) is 26.3 Å². The Morgan fingerprint density at radius 1 is 1.15 bits per heavy atom. The maximum absolute atomic E-state index is 12.1. The third kappa shape index (κ3) is 4.81. The third-order valence-corrected chi connectivity index (χ3v) is 4.45. The van der Waals surface area contributed by atoms with Gasteiger partial charge in [0.05, 0.1) is 13.0 Å². The van der Waals surface area contributed by atoms with Gasteiger partial charge < -0.3 is 4.74 Å². The molecule has 20 heavy (non-hydrogen) atoms. The van der Waals surface area contributed by atoms with Crippen LogP contribution in [0, 0.1) is 11.3 Å². The molecule has 114 valence electrons. The average Bonchev–Trinajstić information content (AvgIpc) is 2.47. The second-order valence-corrected chi connectivity index (χ2v) is 5.80. The molecule has 2 atom stereocenters. The maximum atomic E-state index is 12.1. The molecule has 2 nitrogen and oxygen atoms in total. The van der Waals surface area contributed by atoms with Crippen molar-refractivity contribution in [2.45, 2.75) is 65.7 Å². The summed E-state index contributed by atoms with van der Waals surface area (Å²) in [6.45, 7) is 7.12. The van der Waals surface area contributed by atoms with E-state index in [2.05, 4.69) is 45.1 Å². The lowest BCUT2D eigenvalue weighted by Gasteiger charge is -2.36. The number of hydrogen-bond donors (Lipinski definition) is 0. The van der Waals surface area contributed by atoms with Crippen molar-refractivity contribution in [3.63, 3.8) is 0 Å². The third-order valence-electron chi connectivity index (χ3n) is 4.45. The molecule has 0 bridgehead atoms. The van der Waals surface area contributed by atoms with Crippen LogP contribution in [-0.4, -0.2) is 12.6 Å². The summed E-state index contributed by atoms with van der Waals surface area (Å²) in [5, 5.41) is 0. The standard InChI is InChI=1S/C18H30O2/c1-4-7-8-11-14-20-17(19)15-18(6-3)13-10-9-12-16(18)5-2/h9-10,12-13,16H,4-8,11,14-15H2,1-3H3. The fourth-order valence-electron chi connectivity index (χ4n) is 3.03. The Labute approximate surface area is 124 Å². The Hall–Kier alpha value is -1.05. The summed E-state index contributed by atoms with van der Waals surface area (Å²) in [6.07, 6.45) is 15.8. The number of unbranched alkanes of at least 4 members (excludes halogenated alkanes) is 3. The number of carbonyl (C=O) groups is 1. The first-order chi connectivity index (χ1) is 9.68. The van der Waals surface area contributed by atoms with Crippen LogP contribution in [0.2, 0.25) is 0 Å². The predicted molar refractivity (Wildman–Crippen MR) is 84.5 cm³/mol. The molecule has 0 radical (unpaired) electrons. The SMILES string of the molecule is CCCCCCOC(=O)CC1(CC)C=CC=CC1CC. The number of allylic oxidation sites excluding steroid dienone is 4. The minimum absolute atomic E-state index is 0.0377. The lowest BCUT2D eigenvalue weighted by Crippen LogP contribution is -2.31. The fourth-order valence-corrected chi connectivity index (χ4v) is 3.03. The van der Waals surface area contributed by atoms with Crippen LogP contribution >= 0.6 is 0 Å². The molecule has 0 aromatic carbocycles. The van der Waals surface area contributed by atoms with Crippen LogP contribution in [-0.2, 0) is 9.53 Å². The van der Waals surface area contributed by atoms with E-state index in [0.29, 0.717) is 18.9 Å². The summed E-state index contributed by atoms with van der Waals surface area (Å²) in [4.78, 5) is 12.1. The van der Waals surface area contributed by atoms with Gasteiger partial charge in [0.1, 0.15) is 0 Å². The van der Waals surface area contributed by atoms with Crippen LogP contribution in [0.5, 0.6) is 0 Å². The zero-order valence-corrected chi connectivity index (χ0v) is 13.4. The summed E-state index contributed by atoms with van der Waals surface area (Å²) in [7, 11) is 0. The van der Waals surface area contributed by atoms with E-state index >= 15 is 0 Å². The van der Waals surface area contributed by atoms with Gasteiger partial charge in [0.15, 0.2) is 0 Å². The van der Waals surface area contributed by atoms with Gasteiger partial charge in [-0.25, -0.2) is 0 Å². The Morgan fingerprint density at radius 2 is 1.95 bits per heavy atom. The van der Waals surface area contributed by atoms with Crippen molar-refractivity contribution in [1.82, 2.24) is 0 Å². The van der Waals surface area contributed by atoms with Crippen LogP contribution in [0.25, 0.3) is 0 Å². The number of esters is 1. The summed E-state index contributed by atoms with van der Waals surface area (Å²) < 4.78 is 5.41. The van der Waals surface area contributed by atoms with Crippen LogP contribution in [0.15, 0.2) is 24.3 Å². The number of hydrogen-bond acceptors (Lipinski definition) is 2. The molecule has 0 aliphatic heterocycles. The highest BCUT2D eigenvalue weighted by atomic mass is 16.5. The van der Waals surface area contributed by atoms with Crippen molar-refractivity contribution in [3.05, 3.63) is 24.3 Å². The van der Waals surface area contributed by atoms with E-state index in [9.17, 15) is 4.79 Å². The quantitative estimate of drug-likeness (QED) is 0.436. The Balaban J connectivity index is 2.45. The van der Waals surface area contributed by atoms with Crippen molar-refractivity contribution in [2.24, 2.45) is 11.3 Å². The van der Waals surface area contributed by atoms with E-state index in [1.165, 1.54) is 12.8 Å². The van der Waals surface area contributed by atoms with Gasteiger partial charge in [-0.15, -0.1) is 0 Å². The molecule has 0 amide bonds. The Kier molecular flexibility index (Phi) is 7.64. The van der Waals surface area contributed by atoms with Crippen LogP contribution in [0.3, 0.4) is 0 Å². The summed E-state index contributed by atoms with van der Waals surface area (Å²) in [6, 6.07) is 0. The highest BCUT2D eigenvalue weighted by Crippen LogP contribution is 2.42. The van der Waals surface area contributed by atoms with Crippen LogP contribution in [0.1, 0.15) is 65.7 Å². The molecule has 0 N–H and O–H groups in total. The van der Waals surface area contributed by atoms with Gasteiger partial charge in [0.25, 0.3) is 0 Å². The average molecular weight is 278 g/mol. The van der Waals surface area contributed by atoms with Gasteiger partial charge in [-0.3, -0.25) is 4.79 Å². The van der Waals surface area contributed by atoms with Gasteiger partial charge in [0, 0.05) is 5.41 Å². The molecular weight excluding hydrogens is 248 g/mol. The van der Waals surface area contributed by atoms with Crippen molar-refractivity contribution >= 4 is 5.97 Å². The number of carbonyl (C=O) groups excluding carboxylic acids is 1. The predicted octanol–water partition coefficient (Wildman–Crippen LogP) is 5.05. The fraction of sp³-hybridized carbons (Fsp3) is 0.722. The monoisotopic (exact) mass is 278 g/mol. The molecule has 0 spiro atoms. The van der Waals surface area contributed by atoms with Crippen molar-refractivity contribution in [2.75, 3.05) is 6.61 Å². The summed E-state index contributed by atoms with van der Waals surface area (Å²) in [5.41, 5.74) is -0.0377. The Morgan fingerprint density at radius 3 is 2.60 bits per heavy atom. The summed E-state index contributed by atoms with van der Waals surface area (Å²) in [5.74, 6) is 0.409. The van der Waals surface area contributed by atoms with Crippen molar-refractivity contribution in [3.8, 4) is 0 Å². The molecule has 1 aliphatic rings. The van der Waals surface area contributed by atoms with E-state index in [0.717, 1.165) is 25.7 Å². The lowest BCUT2D eigenvalue weighted by molar-refractivity contribution is -0.146. The summed E-state index contributed by atoms with van der Waals surface area (Å²) >= 11 is 0. The van der Waals surface area contributed by atoms with Gasteiger partial charge in [-0.2, -0.15) is 0 Å². The van der Waals surface area contributed by atoms with E-state index in [1.54, 1.807) is 0 Å². The lowest BCUT2D eigenvalue weighted by atomic mass is 9.68. The molecule has 1 aliphatic carbocycles. The molecule has 0 aromatic heterocycles. The first-order valence-electron chi connectivity index (χ1n) is 8.20. The molecule has 0 aromatic rings. The highest BCUT2D eigenvalue weighted by Gasteiger charge is 2.36. The van der Waals surface area contributed by atoms with Gasteiger partial charge in [0.2, 0.25) is 0 Å². The number of ether oxygens (including phenoxy) is 1. The van der Waals surface area contributed by atoms with Crippen LogP contribution < -0.4 is 0 Å². The molecule has 1 rings (SSSR count). The zero-order chi connectivity index (χ0) is 14.8. The first kappa shape index (κ1) is 17.0. The molecule has 0 heterocycles. The molecule has 0 saturated heterocycles. The molecule has 0 fully saturated rings. The van der Waals surface area contributed by atoms with Crippen LogP contribution in [0.4, 0.5) is 0 Å². The van der Waals surface area contributed by atoms with Gasteiger partial charge in [-0.05, 0) is 25.2 Å².